The number of carbonyl (C=O) groups excluding carboxylic acids is 1. The number of aliphatic imine (C=N–C) groups is 1. The Bertz CT molecular complexity index is 684. The number of carbonyl (C=O) groups is 1. The summed E-state index contributed by atoms with van der Waals surface area (Å²) in [5.41, 5.74) is 2.27. The monoisotopic (exact) mass is 332 g/mol. The van der Waals surface area contributed by atoms with Gasteiger partial charge in [-0.3, -0.25) is 0 Å². The van der Waals surface area contributed by atoms with E-state index in [1.165, 1.54) is 7.11 Å². The van der Waals surface area contributed by atoms with Gasteiger partial charge in [-0.15, -0.1) is 0 Å². The van der Waals surface area contributed by atoms with Crippen molar-refractivity contribution in [1.82, 2.24) is 4.90 Å². The number of methoxy groups -OCH3 is 2. The lowest BCUT2D eigenvalue weighted by molar-refractivity contribution is -0.136. The molecule has 0 N–H and O–H groups in total. The first-order valence-corrected chi connectivity index (χ1v) is 8.56. The molecule has 1 saturated heterocycles. The number of para-hydroxylation sites is 1. The van der Waals surface area contributed by atoms with Crippen molar-refractivity contribution < 1.29 is 14.3 Å². The molecule has 5 nitrogen and oxygen atoms in total. The van der Waals surface area contributed by atoms with Crippen molar-refractivity contribution in [2.75, 3.05) is 26.5 Å². The molecule has 2 heterocycles. The zero-order chi connectivity index (χ0) is 16.4. The lowest BCUT2D eigenvalue weighted by atomic mass is 9.93. The number of thioether (sulfide) groups is 1. The summed E-state index contributed by atoms with van der Waals surface area (Å²) in [6.07, 6.45) is 1.06. The van der Waals surface area contributed by atoms with E-state index < -0.39 is 0 Å². The highest BCUT2D eigenvalue weighted by molar-refractivity contribution is 8.13. The molecule has 2 aliphatic heterocycles. The first kappa shape index (κ1) is 15.9. The van der Waals surface area contributed by atoms with Crippen LogP contribution in [0, 0.1) is 0 Å². The second-order valence-corrected chi connectivity index (χ2v) is 6.49. The van der Waals surface area contributed by atoms with Crippen LogP contribution in [0.1, 0.15) is 24.9 Å². The Kier molecular flexibility index (Phi) is 4.61. The van der Waals surface area contributed by atoms with E-state index in [0.717, 1.165) is 35.2 Å². The van der Waals surface area contributed by atoms with E-state index >= 15 is 0 Å². The summed E-state index contributed by atoms with van der Waals surface area (Å²) in [6, 6.07) is 7.59. The summed E-state index contributed by atoms with van der Waals surface area (Å²) >= 11 is 1.73. The van der Waals surface area contributed by atoms with Gasteiger partial charge in [-0.25, -0.2) is 9.79 Å². The molecule has 0 bridgehead atoms. The van der Waals surface area contributed by atoms with E-state index in [1.54, 1.807) is 18.9 Å². The molecule has 23 heavy (non-hydrogen) atoms. The van der Waals surface area contributed by atoms with Crippen molar-refractivity contribution in [3.05, 3.63) is 41.1 Å². The fourth-order valence-electron chi connectivity index (χ4n) is 3.06. The van der Waals surface area contributed by atoms with Crippen molar-refractivity contribution >= 4 is 22.9 Å². The van der Waals surface area contributed by atoms with Crippen molar-refractivity contribution in [3.8, 4) is 5.75 Å². The summed E-state index contributed by atoms with van der Waals surface area (Å²) < 4.78 is 10.6. The quantitative estimate of drug-likeness (QED) is 0.797. The summed E-state index contributed by atoms with van der Waals surface area (Å²) in [6.45, 7) is 2.73. The second kappa shape index (κ2) is 6.66. The molecule has 0 saturated carbocycles. The third kappa shape index (κ3) is 2.83. The molecule has 0 spiro atoms. The number of amidine groups is 1. The van der Waals surface area contributed by atoms with E-state index in [0.29, 0.717) is 11.3 Å². The van der Waals surface area contributed by atoms with Gasteiger partial charge in [-0.2, -0.15) is 0 Å². The molecule has 1 fully saturated rings. The summed E-state index contributed by atoms with van der Waals surface area (Å²) in [4.78, 5) is 19.2. The van der Waals surface area contributed by atoms with Crippen LogP contribution in [0.2, 0.25) is 0 Å². The standard InChI is InChI=1S/C17H20N2O3S/c1-11-14(16(20)22-3)15(12-7-4-5-8-13(12)21-2)19-9-6-10-23-17(19)18-11/h4-5,7-8,15H,6,9-10H2,1-3H3/t15-/m0/s1. The molecule has 122 valence electrons. The Hall–Kier alpha value is -1.95. The molecular weight excluding hydrogens is 312 g/mol. The summed E-state index contributed by atoms with van der Waals surface area (Å²) in [7, 11) is 3.06. The Balaban J connectivity index is 2.16. The van der Waals surface area contributed by atoms with Gasteiger partial charge in [0.1, 0.15) is 5.75 Å². The first-order valence-electron chi connectivity index (χ1n) is 7.57. The van der Waals surface area contributed by atoms with E-state index in [-0.39, 0.29) is 12.0 Å². The van der Waals surface area contributed by atoms with Gasteiger partial charge < -0.3 is 14.4 Å². The van der Waals surface area contributed by atoms with Crippen LogP contribution in [-0.2, 0) is 9.53 Å². The highest BCUT2D eigenvalue weighted by atomic mass is 32.2. The number of ether oxygens (including phenoxy) is 2. The molecule has 0 radical (unpaired) electrons. The average molecular weight is 332 g/mol. The highest BCUT2D eigenvalue weighted by Gasteiger charge is 2.38. The molecule has 6 heteroatoms. The SMILES string of the molecule is COC(=O)C1=C(C)N=C2SCCCN2[C@H]1c1ccccc1OC. The van der Waals surface area contributed by atoms with Gasteiger partial charge in [0, 0.05) is 17.9 Å². The minimum atomic E-state index is -0.336. The lowest BCUT2D eigenvalue weighted by Gasteiger charge is -2.40. The number of nitrogens with zero attached hydrogens (tertiary/aromatic N) is 2. The van der Waals surface area contributed by atoms with Gasteiger partial charge in [0.05, 0.1) is 31.5 Å². The van der Waals surface area contributed by atoms with Crippen molar-refractivity contribution in [3.63, 3.8) is 0 Å². The van der Waals surface area contributed by atoms with Crippen LogP contribution in [-0.4, -0.2) is 42.6 Å². The molecule has 1 aromatic rings. The number of esters is 1. The van der Waals surface area contributed by atoms with E-state index in [1.807, 2.05) is 31.2 Å². The Labute approximate surface area is 140 Å². The third-order valence-corrected chi connectivity index (χ3v) is 5.17. The second-order valence-electron chi connectivity index (χ2n) is 5.42. The molecule has 1 aromatic carbocycles. The Morgan fingerprint density at radius 1 is 1.35 bits per heavy atom. The van der Waals surface area contributed by atoms with Gasteiger partial charge in [0.25, 0.3) is 0 Å². The molecule has 0 aliphatic carbocycles. The van der Waals surface area contributed by atoms with Gasteiger partial charge in [-0.1, -0.05) is 30.0 Å². The fourth-order valence-corrected chi connectivity index (χ4v) is 4.08. The number of allylic oxidation sites excluding steroid dienone is 1. The first-order chi connectivity index (χ1) is 11.2. The van der Waals surface area contributed by atoms with Crippen LogP contribution in [0.3, 0.4) is 0 Å². The molecule has 0 aromatic heterocycles. The molecule has 0 amide bonds. The predicted octanol–water partition coefficient (Wildman–Crippen LogP) is 2.99. The topological polar surface area (TPSA) is 51.1 Å². The van der Waals surface area contributed by atoms with Gasteiger partial charge in [-0.05, 0) is 19.4 Å². The Morgan fingerprint density at radius 3 is 2.87 bits per heavy atom. The van der Waals surface area contributed by atoms with Crippen LogP contribution in [0.15, 0.2) is 40.5 Å². The minimum absolute atomic E-state index is 0.223. The summed E-state index contributed by atoms with van der Waals surface area (Å²) in [5, 5.41) is 0.970. The average Bonchev–Trinajstić information content (AvgIpc) is 2.59. The normalized spacial score (nSPS) is 20.7. The largest absolute Gasteiger partial charge is 0.496 e. The maximum absolute atomic E-state index is 12.4. The van der Waals surface area contributed by atoms with Crippen LogP contribution in [0.25, 0.3) is 0 Å². The number of benzene rings is 1. The molecule has 0 unspecified atom stereocenters. The van der Waals surface area contributed by atoms with E-state index in [2.05, 4.69) is 9.89 Å². The highest BCUT2D eigenvalue weighted by Crippen LogP contribution is 2.42. The van der Waals surface area contributed by atoms with Crippen molar-refractivity contribution in [2.24, 2.45) is 4.99 Å². The fraction of sp³-hybridized carbons (Fsp3) is 0.412. The molecule has 2 aliphatic rings. The predicted molar refractivity (Wildman–Crippen MR) is 91.7 cm³/mol. The number of hydrogen-bond acceptors (Lipinski definition) is 6. The van der Waals surface area contributed by atoms with Crippen LogP contribution in [0.5, 0.6) is 5.75 Å². The van der Waals surface area contributed by atoms with Gasteiger partial charge in [0.2, 0.25) is 0 Å². The molecular formula is C17H20N2O3S. The number of hydrogen-bond donors (Lipinski definition) is 0. The zero-order valence-electron chi connectivity index (χ0n) is 13.5. The van der Waals surface area contributed by atoms with Crippen LogP contribution >= 0.6 is 11.8 Å². The van der Waals surface area contributed by atoms with Crippen LogP contribution in [0.4, 0.5) is 0 Å². The van der Waals surface area contributed by atoms with E-state index in [4.69, 9.17) is 9.47 Å². The lowest BCUT2D eigenvalue weighted by Crippen LogP contribution is -2.42. The third-order valence-electron chi connectivity index (χ3n) is 4.10. The number of fused-ring (bicyclic) bond motifs is 1. The van der Waals surface area contributed by atoms with Crippen LogP contribution < -0.4 is 4.74 Å². The zero-order valence-corrected chi connectivity index (χ0v) is 14.4. The smallest absolute Gasteiger partial charge is 0.338 e. The van der Waals surface area contributed by atoms with E-state index in [9.17, 15) is 4.79 Å². The maximum atomic E-state index is 12.4. The van der Waals surface area contributed by atoms with Gasteiger partial charge in [0.15, 0.2) is 5.17 Å². The number of rotatable bonds is 3. The molecule has 1 atom stereocenters. The maximum Gasteiger partial charge on any atom is 0.338 e. The van der Waals surface area contributed by atoms with Gasteiger partial charge >= 0.3 is 5.97 Å². The summed E-state index contributed by atoms with van der Waals surface area (Å²) in [5.74, 6) is 1.48. The Morgan fingerprint density at radius 2 is 2.13 bits per heavy atom. The van der Waals surface area contributed by atoms with Crippen molar-refractivity contribution in [2.45, 2.75) is 19.4 Å². The molecule has 3 rings (SSSR count). The minimum Gasteiger partial charge on any atom is -0.496 e. The van der Waals surface area contributed by atoms with Crippen molar-refractivity contribution in [1.29, 1.82) is 0 Å².